The smallest absolute Gasteiger partial charge is 0.330 e. The molecule has 1 fully saturated rings. The van der Waals surface area contributed by atoms with Gasteiger partial charge in [-0.3, -0.25) is 0 Å². The Morgan fingerprint density at radius 2 is 1.89 bits per heavy atom. The Hall–Kier alpha value is -3.83. The number of ether oxygens (including phenoxy) is 2. The van der Waals surface area contributed by atoms with Gasteiger partial charge in [0.1, 0.15) is 5.82 Å². The standard InChI is InChI=1S/C32H28ClFO4/c1-3-37-29(35)17-12-20-10-13-22(14-11-20)31(26-19-38-32-24(26)8-5-9-28(32)36-2)30(21-6-4-7-21)25-16-15-23(34)18-27(25)33/h5,8-19,21H,3-4,6-7H2,1-2H3/b17-12+,31-30+. The van der Waals surface area contributed by atoms with Crippen LogP contribution in [-0.4, -0.2) is 19.7 Å². The number of hydrogen-bond acceptors (Lipinski definition) is 4. The summed E-state index contributed by atoms with van der Waals surface area (Å²) in [5.41, 5.74) is 6.27. The molecule has 0 bridgehead atoms. The van der Waals surface area contributed by atoms with Gasteiger partial charge in [-0.15, -0.1) is 0 Å². The molecule has 6 heteroatoms. The molecular weight excluding hydrogens is 503 g/mol. The van der Waals surface area contributed by atoms with Crippen molar-refractivity contribution in [2.45, 2.75) is 26.2 Å². The monoisotopic (exact) mass is 530 g/mol. The maximum absolute atomic E-state index is 14.1. The molecule has 0 radical (unpaired) electrons. The third-order valence-corrected chi connectivity index (χ3v) is 7.27. The summed E-state index contributed by atoms with van der Waals surface area (Å²) in [5.74, 6) is 0.170. The molecule has 4 nitrogen and oxygen atoms in total. The van der Waals surface area contributed by atoms with Crippen molar-refractivity contribution in [3.8, 4) is 5.75 Å². The minimum absolute atomic E-state index is 0.270. The number of esters is 1. The highest BCUT2D eigenvalue weighted by atomic mass is 35.5. The maximum Gasteiger partial charge on any atom is 0.330 e. The summed E-state index contributed by atoms with van der Waals surface area (Å²) >= 11 is 6.66. The molecule has 38 heavy (non-hydrogen) atoms. The molecule has 0 N–H and O–H groups in total. The van der Waals surface area contributed by atoms with Crippen LogP contribution in [0, 0.1) is 11.7 Å². The predicted molar refractivity (Wildman–Crippen MR) is 150 cm³/mol. The van der Waals surface area contributed by atoms with E-state index in [0.717, 1.165) is 58.0 Å². The molecule has 4 aromatic rings. The van der Waals surface area contributed by atoms with Crippen molar-refractivity contribution in [3.63, 3.8) is 0 Å². The number of benzene rings is 3. The largest absolute Gasteiger partial charge is 0.493 e. The van der Waals surface area contributed by atoms with Crippen LogP contribution in [0.4, 0.5) is 4.39 Å². The summed E-state index contributed by atoms with van der Waals surface area (Å²) in [6.07, 6.45) is 8.07. The van der Waals surface area contributed by atoms with Crippen LogP contribution in [0.1, 0.15) is 48.4 Å². The Balaban J connectivity index is 1.73. The predicted octanol–water partition coefficient (Wildman–Crippen LogP) is 8.57. The number of rotatable bonds is 8. The molecular formula is C32H28ClFO4. The van der Waals surface area contributed by atoms with Gasteiger partial charge in [-0.2, -0.15) is 0 Å². The molecule has 5 rings (SSSR count). The summed E-state index contributed by atoms with van der Waals surface area (Å²) in [6.45, 7) is 2.10. The molecule has 3 aromatic carbocycles. The number of carbonyl (C=O) groups excluding carboxylic acids is 1. The van der Waals surface area contributed by atoms with Crippen molar-refractivity contribution in [3.05, 3.63) is 106 Å². The molecule has 0 atom stereocenters. The van der Waals surface area contributed by atoms with E-state index in [0.29, 0.717) is 23.0 Å². The zero-order valence-electron chi connectivity index (χ0n) is 21.3. The number of hydrogen-bond donors (Lipinski definition) is 0. The number of carbonyl (C=O) groups is 1. The van der Waals surface area contributed by atoms with E-state index in [1.165, 1.54) is 18.2 Å². The van der Waals surface area contributed by atoms with Crippen LogP contribution in [0.3, 0.4) is 0 Å². The van der Waals surface area contributed by atoms with E-state index in [1.807, 2.05) is 42.5 Å². The Labute approximate surface area is 226 Å². The average Bonchev–Trinajstić information content (AvgIpc) is 3.31. The third kappa shape index (κ3) is 5.11. The summed E-state index contributed by atoms with van der Waals surface area (Å²) in [5, 5.41) is 1.30. The van der Waals surface area contributed by atoms with Crippen molar-refractivity contribution < 1.29 is 23.1 Å². The topological polar surface area (TPSA) is 48.7 Å². The molecule has 0 aliphatic heterocycles. The van der Waals surface area contributed by atoms with Gasteiger partial charge < -0.3 is 13.9 Å². The lowest BCUT2D eigenvalue weighted by atomic mass is 9.73. The number of fused-ring (bicyclic) bond motifs is 1. The van der Waals surface area contributed by atoms with Gasteiger partial charge in [0.2, 0.25) is 0 Å². The van der Waals surface area contributed by atoms with Crippen LogP contribution in [0.2, 0.25) is 5.02 Å². The molecule has 1 aliphatic carbocycles. The zero-order valence-corrected chi connectivity index (χ0v) is 22.1. The second-order valence-corrected chi connectivity index (χ2v) is 9.64. The number of furan rings is 1. The van der Waals surface area contributed by atoms with Crippen molar-refractivity contribution in [1.82, 2.24) is 0 Å². The first-order valence-electron chi connectivity index (χ1n) is 12.7. The fraction of sp³-hybridized carbons (Fsp3) is 0.219. The SMILES string of the molecule is CCOC(=O)/C=C/c1ccc(/C(=C(\c2ccc(F)cc2Cl)C2CCC2)c2coc3c(OC)cccc23)cc1. The first kappa shape index (κ1) is 25.8. The van der Waals surface area contributed by atoms with Crippen molar-refractivity contribution in [2.24, 2.45) is 5.92 Å². The normalized spacial score (nSPS) is 14.4. The highest BCUT2D eigenvalue weighted by Crippen LogP contribution is 2.48. The summed E-state index contributed by atoms with van der Waals surface area (Å²) in [6, 6.07) is 18.4. The van der Waals surface area contributed by atoms with Crippen molar-refractivity contribution >= 4 is 45.8 Å². The Kier molecular flexibility index (Phi) is 7.66. The van der Waals surface area contributed by atoms with Crippen LogP contribution in [0.15, 0.2) is 77.4 Å². The maximum atomic E-state index is 14.1. The van der Waals surface area contributed by atoms with Gasteiger partial charge >= 0.3 is 5.97 Å². The van der Waals surface area contributed by atoms with E-state index in [-0.39, 0.29) is 17.7 Å². The highest BCUT2D eigenvalue weighted by Gasteiger charge is 2.30. The van der Waals surface area contributed by atoms with Crippen LogP contribution in [0.5, 0.6) is 5.75 Å². The van der Waals surface area contributed by atoms with E-state index in [9.17, 15) is 9.18 Å². The average molecular weight is 531 g/mol. The van der Waals surface area contributed by atoms with E-state index in [2.05, 4.69) is 0 Å². The van der Waals surface area contributed by atoms with Gasteiger partial charge in [-0.25, -0.2) is 9.18 Å². The number of methoxy groups -OCH3 is 1. The first-order chi connectivity index (χ1) is 18.5. The van der Waals surface area contributed by atoms with Gasteiger partial charge in [0.05, 0.1) is 25.0 Å². The zero-order chi connectivity index (χ0) is 26.6. The molecule has 0 saturated heterocycles. The lowest BCUT2D eigenvalue weighted by Gasteiger charge is -2.32. The molecule has 0 spiro atoms. The van der Waals surface area contributed by atoms with E-state index < -0.39 is 0 Å². The van der Waals surface area contributed by atoms with Crippen LogP contribution in [-0.2, 0) is 9.53 Å². The van der Waals surface area contributed by atoms with Gasteiger partial charge in [0, 0.05) is 17.0 Å². The molecule has 1 aliphatic rings. The molecule has 0 amide bonds. The number of allylic oxidation sites excluding steroid dienone is 1. The van der Waals surface area contributed by atoms with E-state index in [1.54, 1.807) is 32.4 Å². The van der Waals surface area contributed by atoms with Crippen LogP contribution < -0.4 is 4.74 Å². The van der Waals surface area contributed by atoms with Gasteiger partial charge in [-0.1, -0.05) is 60.5 Å². The summed E-state index contributed by atoms with van der Waals surface area (Å²) in [4.78, 5) is 11.8. The van der Waals surface area contributed by atoms with Crippen molar-refractivity contribution in [2.75, 3.05) is 13.7 Å². The Morgan fingerprint density at radius 1 is 1.11 bits per heavy atom. The minimum atomic E-state index is -0.380. The number of halogens is 2. The number of para-hydroxylation sites is 1. The lowest BCUT2D eigenvalue weighted by molar-refractivity contribution is -0.137. The van der Waals surface area contributed by atoms with E-state index >= 15 is 0 Å². The van der Waals surface area contributed by atoms with Gasteiger partial charge in [0.15, 0.2) is 11.3 Å². The quantitative estimate of drug-likeness (QED) is 0.130. The Morgan fingerprint density at radius 3 is 2.55 bits per heavy atom. The first-order valence-corrected chi connectivity index (χ1v) is 13.1. The third-order valence-electron chi connectivity index (χ3n) is 6.95. The van der Waals surface area contributed by atoms with Gasteiger partial charge in [0.25, 0.3) is 0 Å². The second kappa shape index (κ2) is 11.3. The van der Waals surface area contributed by atoms with Crippen molar-refractivity contribution in [1.29, 1.82) is 0 Å². The Bertz CT molecular complexity index is 1530. The summed E-state index contributed by atoms with van der Waals surface area (Å²) < 4.78 is 30.6. The highest BCUT2D eigenvalue weighted by molar-refractivity contribution is 6.33. The van der Waals surface area contributed by atoms with Gasteiger partial charge in [-0.05, 0) is 77.8 Å². The lowest BCUT2D eigenvalue weighted by Crippen LogP contribution is -2.15. The molecule has 1 heterocycles. The minimum Gasteiger partial charge on any atom is -0.493 e. The summed E-state index contributed by atoms with van der Waals surface area (Å²) in [7, 11) is 1.62. The van der Waals surface area contributed by atoms with E-state index in [4.69, 9.17) is 25.5 Å². The molecule has 194 valence electrons. The molecule has 1 aromatic heterocycles. The molecule has 0 unspecified atom stereocenters. The second-order valence-electron chi connectivity index (χ2n) is 9.23. The van der Waals surface area contributed by atoms with Crippen LogP contribution in [0.25, 0.3) is 28.2 Å². The van der Waals surface area contributed by atoms with Crippen LogP contribution >= 0.6 is 11.6 Å². The molecule has 1 saturated carbocycles. The fourth-order valence-corrected chi connectivity index (χ4v) is 5.19. The fourth-order valence-electron chi connectivity index (χ4n) is 4.92.